The van der Waals surface area contributed by atoms with Crippen molar-refractivity contribution < 1.29 is 14.3 Å². The van der Waals surface area contributed by atoms with E-state index in [0.29, 0.717) is 5.57 Å². The summed E-state index contributed by atoms with van der Waals surface area (Å²) in [7, 11) is 3.35. The number of ether oxygens (including phenoxy) is 2. The molecule has 34 heavy (non-hydrogen) atoms. The number of hydrogen-bond donors (Lipinski definition) is 0. The Morgan fingerprint density at radius 1 is 0.735 bits per heavy atom. The molecule has 4 aromatic carbocycles. The van der Waals surface area contributed by atoms with Crippen molar-refractivity contribution in [2.24, 2.45) is 0 Å². The van der Waals surface area contributed by atoms with Crippen LogP contribution in [0.4, 0.5) is 0 Å². The second-order valence-corrected chi connectivity index (χ2v) is 8.03. The minimum absolute atomic E-state index is 0.00335. The van der Waals surface area contributed by atoms with Crippen molar-refractivity contribution in [2.75, 3.05) is 14.2 Å². The molecule has 0 fully saturated rings. The lowest BCUT2D eigenvalue weighted by atomic mass is 9.89. The topological polar surface area (TPSA) is 35.5 Å². The molecule has 166 valence electrons. The molecule has 0 aliphatic heterocycles. The molecule has 5 rings (SSSR count). The quantitative estimate of drug-likeness (QED) is 0.312. The summed E-state index contributed by atoms with van der Waals surface area (Å²) in [6, 6.07) is 28.2. The first-order valence-electron chi connectivity index (χ1n) is 11.1. The third kappa shape index (κ3) is 3.93. The predicted molar refractivity (Wildman–Crippen MR) is 139 cm³/mol. The van der Waals surface area contributed by atoms with Gasteiger partial charge in [0.1, 0.15) is 11.5 Å². The molecule has 3 heteroatoms. The monoisotopic (exact) mass is 444 g/mol. The van der Waals surface area contributed by atoms with Crippen LogP contribution in [0.5, 0.6) is 11.5 Å². The molecule has 1 aliphatic rings. The lowest BCUT2D eigenvalue weighted by Gasteiger charge is -2.15. The molecule has 0 bridgehead atoms. The van der Waals surface area contributed by atoms with Crippen molar-refractivity contribution >= 4 is 33.8 Å². The molecule has 0 heterocycles. The van der Waals surface area contributed by atoms with E-state index in [4.69, 9.17) is 9.47 Å². The van der Waals surface area contributed by atoms with Gasteiger partial charge in [-0.1, -0.05) is 78.9 Å². The minimum atomic E-state index is 0.00335. The van der Waals surface area contributed by atoms with Crippen LogP contribution in [0.1, 0.15) is 22.3 Å². The predicted octanol–water partition coefficient (Wildman–Crippen LogP) is 6.97. The summed E-state index contributed by atoms with van der Waals surface area (Å²) in [6.07, 6.45) is 7.49. The molecule has 0 unspecified atom stereocenters. The Bertz CT molecular complexity index is 1470. The van der Waals surface area contributed by atoms with Crippen molar-refractivity contribution in [1.82, 2.24) is 0 Å². The maximum atomic E-state index is 12.8. The zero-order valence-electron chi connectivity index (χ0n) is 19.1. The van der Waals surface area contributed by atoms with Crippen LogP contribution in [-0.4, -0.2) is 20.0 Å². The van der Waals surface area contributed by atoms with E-state index in [9.17, 15) is 4.79 Å². The van der Waals surface area contributed by atoms with Gasteiger partial charge in [0.2, 0.25) is 0 Å². The van der Waals surface area contributed by atoms with Crippen LogP contribution < -0.4 is 9.47 Å². The highest BCUT2D eigenvalue weighted by Gasteiger charge is 2.17. The van der Waals surface area contributed by atoms with Crippen molar-refractivity contribution in [3.8, 4) is 11.5 Å². The average Bonchev–Trinajstić information content (AvgIpc) is 2.90. The van der Waals surface area contributed by atoms with E-state index in [-0.39, 0.29) is 5.78 Å². The van der Waals surface area contributed by atoms with E-state index in [0.717, 1.165) is 50.1 Å². The number of benzene rings is 4. The summed E-state index contributed by atoms with van der Waals surface area (Å²) in [4.78, 5) is 12.8. The van der Waals surface area contributed by atoms with E-state index < -0.39 is 0 Å². The van der Waals surface area contributed by atoms with Crippen LogP contribution in [0.2, 0.25) is 0 Å². The summed E-state index contributed by atoms with van der Waals surface area (Å²) in [5.74, 6) is 1.62. The Morgan fingerprint density at radius 3 is 2.24 bits per heavy atom. The van der Waals surface area contributed by atoms with Gasteiger partial charge in [0.05, 0.1) is 14.2 Å². The summed E-state index contributed by atoms with van der Waals surface area (Å²) < 4.78 is 11.0. The summed E-state index contributed by atoms with van der Waals surface area (Å²) in [5, 5.41) is 2.12. The lowest BCUT2D eigenvalue weighted by Crippen LogP contribution is -2.04. The van der Waals surface area contributed by atoms with Crippen molar-refractivity contribution in [3.05, 3.63) is 125 Å². The summed E-state index contributed by atoms with van der Waals surface area (Å²) in [6.45, 7) is 0. The van der Waals surface area contributed by atoms with Gasteiger partial charge in [0.15, 0.2) is 5.78 Å². The van der Waals surface area contributed by atoms with Gasteiger partial charge < -0.3 is 9.47 Å². The highest BCUT2D eigenvalue weighted by Crippen LogP contribution is 2.36. The number of carbonyl (C=O) groups is 1. The van der Waals surface area contributed by atoms with Crippen LogP contribution in [-0.2, 0) is 4.79 Å². The maximum absolute atomic E-state index is 12.8. The third-order valence-electron chi connectivity index (χ3n) is 6.14. The molecular weight excluding hydrogens is 420 g/mol. The van der Waals surface area contributed by atoms with Crippen LogP contribution in [0.15, 0.2) is 103 Å². The van der Waals surface area contributed by atoms with Gasteiger partial charge in [-0.2, -0.15) is 0 Å². The fourth-order valence-electron chi connectivity index (χ4n) is 4.41. The molecule has 4 aromatic rings. The van der Waals surface area contributed by atoms with E-state index in [2.05, 4.69) is 18.2 Å². The Hall–Kier alpha value is -4.37. The zero-order chi connectivity index (χ0) is 23.5. The number of methoxy groups -OCH3 is 2. The molecule has 0 N–H and O–H groups in total. The van der Waals surface area contributed by atoms with Gasteiger partial charge in [0, 0.05) is 11.0 Å². The van der Waals surface area contributed by atoms with Crippen molar-refractivity contribution in [1.29, 1.82) is 0 Å². The number of carbonyl (C=O) groups excluding carboxylic acids is 1. The minimum Gasteiger partial charge on any atom is -0.497 e. The van der Waals surface area contributed by atoms with E-state index >= 15 is 0 Å². The standard InChI is InChI=1S/C31H24O3/c1-33-23-14-11-22(12-15-23)25(27-18-20-31(34-2)29-10-6-5-9-26(27)29)16-17-28-24-8-4-3-7-21(24)13-19-30(28)32/h3-20H,1-2H3/b25-16-,28-17+. The number of hydrogen-bond acceptors (Lipinski definition) is 3. The second-order valence-electron chi connectivity index (χ2n) is 8.03. The van der Waals surface area contributed by atoms with Gasteiger partial charge in [-0.05, 0) is 63.6 Å². The first-order valence-corrected chi connectivity index (χ1v) is 11.1. The average molecular weight is 445 g/mol. The Kier molecular flexibility index (Phi) is 5.84. The molecule has 0 atom stereocenters. The highest BCUT2D eigenvalue weighted by molar-refractivity contribution is 6.30. The summed E-state index contributed by atoms with van der Waals surface area (Å²) in [5.41, 5.74) is 5.77. The van der Waals surface area contributed by atoms with Crippen LogP contribution >= 0.6 is 0 Å². The number of allylic oxidation sites excluding steroid dienone is 4. The molecule has 3 nitrogen and oxygen atoms in total. The SMILES string of the molecule is COc1ccc(/C(=C/C=C2/C(=O)C=Cc3ccccc32)c2ccc(OC)c3ccccc23)cc1. The third-order valence-corrected chi connectivity index (χ3v) is 6.14. The Morgan fingerprint density at radius 2 is 1.47 bits per heavy atom. The molecule has 0 saturated heterocycles. The van der Waals surface area contributed by atoms with Gasteiger partial charge in [-0.15, -0.1) is 0 Å². The molecule has 1 aliphatic carbocycles. The second kappa shape index (κ2) is 9.24. The van der Waals surface area contributed by atoms with Gasteiger partial charge in [-0.3, -0.25) is 4.79 Å². The van der Waals surface area contributed by atoms with Gasteiger partial charge in [-0.25, -0.2) is 0 Å². The van der Waals surface area contributed by atoms with Crippen LogP contribution in [0.25, 0.3) is 28.0 Å². The smallest absolute Gasteiger partial charge is 0.186 e. The van der Waals surface area contributed by atoms with Crippen molar-refractivity contribution in [3.63, 3.8) is 0 Å². The number of ketones is 1. The molecular formula is C31H24O3. The number of fused-ring (bicyclic) bond motifs is 2. The van der Waals surface area contributed by atoms with Crippen LogP contribution in [0.3, 0.4) is 0 Å². The van der Waals surface area contributed by atoms with Crippen LogP contribution in [0, 0.1) is 0 Å². The van der Waals surface area contributed by atoms with Crippen molar-refractivity contribution in [2.45, 2.75) is 0 Å². The molecule has 0 spiro atoms. The Labute approximate surface area is 199 Å². The largest absolute Gasteiger partial charge is 0.497 e. The fraction of sp³-hybridized carbons (Fsp3) is 0.0645. The van der Waals surface area contributed by atoms with Gasteiger partial charge in [0.25, 0.3) is 0 Å². The highest BCUT2D eigenvalue weighted by atomic mass is 16.5. The molecule has 0 amide bonds. The molecule has 0 saturated carbocycles. The van der Waals surface area contributed by atoms with E-state index in [1.165, 1.54) is 0 Å². The van der Waals surface area contributed by atoms with E-state index in [1.54, 1.807) is 20.3 Å². The molecule has 0 aromatic heterocycles. The Balaban J connectivity index is 1.73. The maximum Gasteiger partial charge on any atom is 0.186 e. The summed E-state index contributed by atoms with van der Waals surface area (Å²) >= 11 is 0. The zero-order valence-corrected chi connectivity index (χ0v) is 19.1. The fourth-order valence-corrected chi connectivity index (χ4v) is 4.41. The van der Waals surface area contributed by atoms with E-state index in [1.807, 2.05) is 85.0 Å². The first-order chi connectivity index (χ1) is 16.7. The first kappa shape index (κ1) is 21.5. The molecule has 0 radical (unpaired) electrons. The number of rotatable bonds is 5. The lowest BCUT2D eigenvalue weighted by molar-refractivity contribution is -0.109. The normalized spacial score (nSPS) is 14.4. The van der Waals surface area contributed by atoms with Gasteiger partial charge >= 0.3 is 0 Å².